The van der Waals surface area contributed by atoms with Crippen molar-refractivity contribution in [1.29, 1.82) is 0 Å². The quantitative estimate of drug-likeness (QED) is 0.614. The van der Waals surface area contributed by atoms with E-state index in [9.17, 15) is 18.8 Å². The maximum absolute atomic E-state index is 12.9. The van der Waals surface area contributed by atoms with Crippen LogP contribution in [0.5, 0.6) is 0 Å². The molecule has 1 aromatic carbocycles. The Labute approximate surface area is 164 Å². The van der Waals surface area contributed by atoms with E-state index < -0.39 is 0 Å². The van der Waals surface area contributed by atoms with Crippen LogP contribution in [0.15, 0.2) is 24.3 Å². The maximum atomic E-state index is 12.9. The van der Waals surface area contributed by atoms with Crippen LogP contribution < -0.4 is 16.0 Å². The summed E-state index contributed by atoms with van der Waals surface area (Å²) in [4.78, 5) is 39.4. The van der Waals surface area contributed by atoms with Gasteiger partial charge in [0.15, 0.2) is 0 Å². The van der Waals surface area contributed by atoms with Gasteiger partial charge in [-0.2, -0.15) is 0 Å². The van der Waals surface area contributed by atoms with E-state index in [0.717, 1.165) is 6.42 Å². The van der Waals surface area contributed by atoms with Crippen molar-refractivity contribution in [2.75, 3.05) is 51.1 Å². The van der Waals surface area contributed by atoms with E-state index in [1.54, 1.807) is 4.90 Å². The molecular weight excluding hydrogens is 365 g/mol. The van der Waals surface area contributed by atoms with Crippen LogP contribution in [0.1, 0.15) is 19.8 Å². The van der Waals surface area contributed by atoms with Crippen LogP contribution in [-0.4, -0.2) is 73.5 Å². The Hall–Kier alpha value is -2.68. The topological polar surface area (TPSA) is 93.8 Å². The van der Waals surface area contributed by atoms with Gasteiger partial charge in [0.1, 0.15) is 5.82 Å². The van der Waals surface area contributed by atoms with Gasteiger partial charge in [0.25, 0.3) is 0 Å². The summed E-state index contributed by atoms with van der Waals surface area (Å²) in [5.74, 6) is -0.601. The Morgan fingerprint density at radius 3 is 2.29 bits per heavy atom. The third kappa shape index (κ3) is 7.51. The van der Waals surface area contributed by atoms with Gasteiger partial charge in [0, 0.05) is 51.4 Å². The van der Waals surface area contributed by atoms with Crippen molar-refractivity contribution in [3.63, 3.8) is 0 Å². The molecule has 8 nitrogen and oxygen atoms in total. The minimum Gasteiger partial charge on any atom is -0.356 e. The van der Waals surface area contributed by atoms with Crippen LogP contribution in [-0.2, 0) is 9.59 Å². The number of carbonyl (C=O) groups is 3. The first-order valence-corrected chi connectivity index (χ1v) is 9.55. The van der Waals surface area contributed by atoms with Crippen molar-refractivity contribution in [3.8, 4) is 0 Å². The first-order valence-electron chi connectivity index (χ1n) is 9.55. The molecule has 1 aliphatic rings. The minimum atomic E-state index is -0.353. The molecule has 154 valence electrons. The molecule has 0 unspecified atom stereocenters. The van der Waals surface area contributed by atoms with Gasteiger partial charge in [0.2, 0.25) is 11.8 Å². The van der Waals surface area contributed by atoms with E-state index in [4.69, 9.17) is 0 Å². The third-order valence-electron chi connectivity index (χ3n) is 4.36. The number of anilines is 1. The van der Waals surface area contributed by atoms with E-state index in [0.29, 0.717) is 45.0 Å². The standard InChI is InChI=1S/C19H28FN5O3/c1-2-8-21-17(26)7-9-22-19(28)25-12-10-24(11-13-25)14-18(27)23-16-5-3-15(20)4-6-16/h3-6H,2,7-14H2,1H3,(H,21,26)(H,22,28)(H,23,27). The zero-order chi connectivity index (χ0) is 20.4. The fourth-order valence-corrected chi connectivity index (χ4v) is 2.79. The lowest BCUT2D eigenvalue weighted by Gasteiger charge is -2.34. The van der Waals surface area contributed by atoms with Crippen LogP contribution in [0, 0.1) is 5.82 Å². The van der Waals surface area contributed by atoms with E-state index in [1.807, 2.05) is 11.8 Å². The number of amides is 4. The van der Waals surface area contributed by atoms with Crippen LogP contribution in [0.3, 0.4) is 0 Å². The largest absolute Gasteiger partial charge is 0.356 e. The summed E-state index contributed by atoms with van der Waals surface area (Å²) >= 11 is 0. The lowest BCUT2D eigenvalue weighted by atomic mass is 10.3. The number of rotatable bonds is 8. The molecule has 3 N–H and O–H groups in total. The number of hydrogen-bond donors (Lipinski definition) is 3. The Bertz CT molecular complexity index is 660. The lowest BCUT2D eigenvalue weighted by Crippen LogP contribution is -2.53. The highest BCUT2D eigenvalue weighted by molar-refractivity contribution is 5.92. The summed E-state index contributed by atoms with van der Waals surface area (Å²) in [7, 11) is 0. The highest BCUT2D eigenvalue weighted by Gasteiger charge is 2.22. The molecule has 28 heavy (non-hydrogen) atoms. The summed E-state index contributed by atoms with van der Waals surface area (Å²) in [5, 5.41) is 8.24. The van der Waals surface area contributed by atoms with Crippen LogP contribution in [0.2, 0.25) is 0 Å². The summed E-state index contributed by atoms with van der Waals surface area (Å²) in [6.07, 6.45) is 1.14. The summed E-state index contributed by atoms with van der Waals surface area (Å²) in [6.45, 7) is 5.33. The van der Waals surface area contributed by atoms with E-state index in [2.05, 4.69) is 16.0 Å². The number of carbonyl (C=O) groups excluding carboxylic acids is 3. The molecule has 0 atom stereocenters. The van der Waals surface area contributed by atoms with Crippen molar-refractivity contribution in [2.24, 2.45) is 0 Å². The number of urea groups is 1. The average molecular weight is 393 g/mol. The molecule has 0 bridgehead atoms. The third-order valence-corrected chi connectivity index (χ3v) is 4.36. The summed E-state index contributed by atoms with van der Waals surface area (Å²) in [5.41, 5.74) is 0.549. The molecule has 1 heterocycles. The van der Waals surface area contributed by atoms with Crippen LogP contribution >= 0.6 is 0 Å². The zero-order valence-corrected chi connectivity index (χ0v) is 16.2. The molecular formula is C19H28FN5O3. The fraction of sp³-hybridized carbons (Fsp3) is 0.526. The molecule has 0 aliphatic carbocycles. The second-order valence-electron chi connectivity index (χ2n) is 6.65. The van der Waals surface area contributed by atoms with Crippen molar-refractivity contribution in [1.82, 2.24) is 20.4 Å². The van der Waals surface area contributed by atoms with Gasteiger partial charge in [-0.25, -0.2) is 9.18 Å². The molecule has 9 heteroatoms. The second-order valence-corrected chi connectivity index (χ2v) is 6.65. The number of piperazine rings is 1. The number of halogens is 1. The van der Waals surface area contributed by atoms with E-state index in [-0.39, 0.29) is 36.6 Å². The highest BCUT2D eigenvalue weighted by atomic mass is 19.1. The lowest BCUT2D eigenvalue weighted by molar-refractivity contribution is -0.121. The first-order chi connectivity index (χ1) is 13.5. The van der Waals surface area contributed by atoms with Gasteiger partial charge >= 0.3 is 6.03 Å². The van der Waals surface area contributed by atoms with Crippen molar-refractivity contribution >= 4 is 23.5 Å². The van der Waals surface area contributed by atoms with Crippen molar-refractivity contribution in [2.45, 2.75) is 19.8 Å². The van der Waals surface area contributed by atoms with Gasteiger partial charge < -0.3 is 20.9 Å². The molecule has 0 radical (unpaired) electrons. The molecule has 1 saturated heterocycles. The van der Waals surface area contributed by atoms with Crippen LogP contribution in [0.4, 0.5) is 14.9 Å². The monoisotopic (exact) mass is 393 g/mol. The predicted molar refractivity (Wildman–Crippen MR) is 104 cm³/mol. The molecule has 1 aliphatic heterocycles. The Morgan fingerprint density at radius 1 is 0.964 bits per heavy atom. The van der Waals surface area contributed by atoms with Gasteiger partial charge in [-0.1, -0.05) is 6.92 Å². The summed E-state index contributed by atoms with van der Waals surface area (Å²) < 4.78 is 12.9. The molecule has 0 aromatic heterocycles. The Kier molecular flexibility index (Phi) is 8.67. The summed E-state index contributed by atoms with van der Waals surface area (Å²) in [6, 6.07) is 5.41. The minimum absolute atomic E-state index is 0.0702. The van der Waals surface area contributed by atoms with Gasteiger partial charge in [0.05, 0.1) is 6.54 Å². The second kappa shape index (κ2) is 11.2. The van der Waals surface area contributed by atoms with Crippen molar-refractivity contribution in [3.05, 3.63) is 30.1 Å². The van der Waals surface area contributed by atoms with Crippen molar-refractivity contribution < 1.29 is 18.8 Å². The molecule has 4 amide bonds. The average Bonchev–Trinajstić information content (AvgIpc) is 2.68. The molecule has 0 spiro atoms. The smallest absolute Gasteiger partial charge is 0.317 e. The normalized spacial score (nSPS) is 14.4. The van der Waals surface area contributed by atoms with Gasteiger partial charge in [-0.15, -0.1) is 0 Å². The van der Waals surface area contributed by atoms with E-state index in [1.165, 1.54) is 24.3 Å². The predicted octanol–water partition coefficient (Wildman–Crippen LogP) is 1.01. The SMILES string of the molecule is CCCNC(=O)CCNC(=O)N1CCN(CC(=O)Nc2ccc(F)cc2)CC1. The fourth-order valence-electron chi connectivity index (χ4n) is 2.79. The highest BCUT2D eigenvalue weighted by Crippen LogP contribution is 2.09. The van der Waals surface area contributed by atoms with Crippen LogP contribution in [0.25, 0.3) is 0 Å². The first kappa shape index (κ1) is 21.6. The zero-order valence-electron chi connectivity index (χ0n) is 16.2. The number of benzene rings is 1. The Morgan fingerprint density at radius 2 is 1.64 bits per heavy atom. The number of hydrogen-bond acceptors (Lipinski definition) is 4. The maximum Gasteiger partial charge on any atom is 0.317 e. The molecule has 2 rings (SSSR count). The number of nitrogens with zero attached hydrogens (tertiary/aromatic N) is 2. The van der Waals surface area contributed by atoms with E-state index >= 15 is 0 Å². The van der Waals surface area contributed by atoms with Gasteiger partial charge in [-0.05, 0) is 30.7 Å². The molecule has 0 saturated carbocycles. The Balaban J connectivity index is 1.63. The molecule has 1 fully saturated rings. The van der Waals surface area contributed by atoms with Gasteiger partial charge in [-0.3, -0.25) is 14.5 Å². The molecule has 1 aromatic rings. The number of nitrogens with one attached hydrogen (secondary N) is 3.